The lowest BCUT2D eigenvalue weighted by molar-refractivity contribution is 0.173. The van der Waals surface area contributed by atoms with Gasteiger partial charge in [0.15, 0.2) is 5.11 Å². The number of hydroxylamine groups is 1. The summed E-state index contributed by atoms with van der Waals surface area (Å²) in [6.45, 7) is 0. The molecule has 11 heteroatoms. The molecule has 0 radical (unpaired) electrons. The first-order valence-electron chi connectivity index (χ1n) is 2.41. The fraction of sp³-hybridized carbons (Fsp3) is 0. The molecular formula is C2H8N4O5S2. The molecule has 0 heterocycles. The van der Waals surface area contributed by atoms with Crippen LogP contribution in [0.25, 0.3) is 0 Å². The Kier molecular flexibility index (Phi) is 7.02. The van der Waals surface area contributed by atoms with E-state index in [1.54, 1.807) is 0 Å². The van der Waals surface area contributed by atoms with Gasteiger partial charge in [-0.1, -0.05) is 0 Å². The van der Waals surface area contributed by atoms with E-state index >= 15 is 0 Å². The third kappa shape index (κ3) is 36.2. The van der Waals surface area contributed by atoms with Crippen LogP contribution in [0.3, 0.4) is 0 Å². The average molecular weight is 232 g/mol. The summed E-state index contributed by atoms with van der Waals surface area (Å²) >= 11 is 4.09. The maximum atomic E-state index is 9.66. The number of primary amides is 1. The Labute approximate surface area is 79.1 Å². The molecule has 0 saturated heterocycles. The van der Waals surface area contributed by atoms with Crippen molar-refractivity contribution in [3.05, 3.63) is 0 Å². The van der Waals surface area contributed by atoms with Crippen LogP contribution in [0.1, 0.15) is 0 Å². The van der Waals surface area contributed by atoms with Gasteiger partial charge in [0.2, 0.25) is 0 Å². The van der Waals surface area contributed by atoms with Crippen LogP contribution in [-0.4, -0.2) is 24.1 Å². The Morgan fingerprint density at radius 2 is 1.69 bits per heavy atom. The van der Waals surface area contributed by atoms with Crippen LogP contribution >= 0.6 is 12.2 Å². The van der Waals surface area contributed by atoms with E-state index in [0.717, 1.165) is 0 Å². The lowest BCUT2D eigenvalue weighted by atomic mass is 11.2. The lowest BCUT2D eigenvalue weighted by Crippen LogP contribution is -2.31. The van der Waals surface area contributed by atoms with Crippen molar-refractivity contribution in [1.82, 2.24) is 5.48 Å². The first-order valence-corrected chi connectivity index (χ1v) is 4.18. The summed E-state index contributed by atoms with van der Waals surface area (Å²) in [7, 11) is -4.63. The molecule has 0 atom stereocenters. The number of nitrogens with one attached hydrogen (secondary N) is 1. The molecule has 78 valence electrons. The standard InChI is InChI=1S/CH4N2O5S.CH4N2S/c2-1(4)3-8-9(5,6)7;2-1(3)4/h(H3,2,3,4)(H,5,6,7);(H4,2,3,4). The van der Waals surface area contributed by atoms with E-state index in [1.807, 2.05) is 0 Å². The topological polar surface area (TPSA) is 171 Å². The van der Waals surface area contributed by atoms with Gasteiger partial charge in [-0.2, -0.15) is 13.9 Å². The number of rotatable bonds is 2. The molecule has 0 aromatic heterocycles. The maximum absolute atomic E-state index is 9.66. The van der Waals surface area contributed by atoms with Crippen LogP contribution in [0.5, 0.6) is 0 Å². The normalized spacial score (nSPS) is 9.31. The molecule has 0 aliphatic heterocycles. The van der Waals surface area contributed by atoms with Gasteiger partial charge in [-0.25, -0.2) is 4.79 Å². The van der Waals surface area contributed by atoms with Gasteiger partial charge in [0, 0.05) is 0 Å². The van der Waals surface area contributed by atoms with Crippen LogP contribution in [0.4, 0.5) is 4.79 Å². The van der Waals surface area contributed by atoms with E-state index < -0.39 is 16.4 Å². The predicted molar refractivity (Wildman–Crippen MR) is 46.3 cm³/mol. The van der Waals surface area contributed by atoms with Crippen molar-refractivity contribution in [2.75, 3.05) is 0 Å². The smallest absolute Gasteiger partial charge is 0.377 e. The fourth-order valence-electron chi connectivity index (χ4n) is 0.0937. The molecule has 13 heavy (non-hydrogen) atoms. The minimum atomic E-state index is -4.63. The second-order valence-corrected chi connectivity index (χ2v) is 2.87. The monoisotopic (exact) mass is 232 g/mol. The van der Waals surface area contributed by atoms with Gasteiger partial charge in [-0.3, -0.25) is 4.55 Å². The van der Waals surface area contributed by atoms with Crippen LogP contribution in [-0.2, 0) is 14.7 Å². The highest BCUT2D eigenvalue weighted by Gasteiger charge is 2.04. The highest BCUT2D eigenvalue weighted by molar-refractivity contribution is 7.80. The molecule has 0 aromatic rings. The highest BCUT2D eigenvalue weighted by atomic mass is 32.3. The molecule has 0 bridgehead atoms. The molecule has 0 saturated carbocycles. The van der Waals surface area contributed by atoms with Gasteiger partial charge < -0.3 is 17.2 Å². The fourth-order valence-corrected chi connectivity index (χ4v) is 0.281. The van der Waals surface area contributed by atoms with Crippen LogP contribution in [0.15, 0.2) is 0 Å². The second-order valence-electron chi connectivity index (χ2n) is 1.38. The quantitative estimate of drug-likeness (QED) is 0.199. The first-order chi connectivity index (χ1) is 5.65. The maximum Gasteiger partial charge on any atom is 0.418 e. The van der Waals surface area contributed by atoms with Crippen molar-refractivity contribution in [2.24, 2.45) is 17.2 Å². The van der Waals surface area contributed by atoms with Crippen molar-refractivity contribution < 1.29 is 22.0 Å². The summed E-state index contributed by atoms with van der Waals surface area (Å²) in [6.07, 6.45) is 0. The molecule has 0 fully saturated rings. The van der Waals surface area contributed by atoms with Crippen molar-refractivity contribution in [2.45, 2.75) is 0 Å². The summed E-state index contributed by atoms with van der Waals surface area (Å²) in [5.74, 6) is 0. The Balaban J connectivity index is 0. The summed E-state index contributed by atoms with van der Waals surface area (Å²) < 4.78 is 30.2. The number of thiocarbonyl (C=S) groups is 1. The van der Waals surface area contributed by atoms with E-state index in [1.165, 1.54) is 5.48 Å². The Bertz CT molecular complexity index is 268. The zero-order chi connectivity index (χ0) is 11.1. The summed E-state index contributed by atoms with van der Waals surface area (Å²) in [4.78, 5) is 9.66. The van der Waals surface area contributed by atoms with E-state index in [2.05, 4.69) is 33.7 Å². The third-order valence-electron chi connectivity index (χ3n) is 0.248. The molecule has 9 nitrogen and oxygen atoms in total. The molecule has 2 amide bonds. The SMILES string of the molecule is NC(=O)NOS(=O)(=O)O.NC(N)=S. The average Bonchev–Trinajstić information content (AvgIpc) is 1.80. The number of nitrogens with two attached hydrogens (primary N) is 3. The van der Waals surface area contributed by atoms with Crippen LogP contribution in [0.2, 0.25) is 0 Å². The van der Waals surface area contributed by atoms with Gasteiger partial charge >= 0.3 is 16.4 Å². The van der Waals surface area contributed by atoms with Crippen molar-refractivity contribution in [3.63, 3.8) is 0 Å². The molecule has 0 aromatic carbocycles. The van der Waals surface area contributed by atoms with E-state index in [-0.39, 0.29) is 5.11 Å². The van der Waals surface area contributed by atoms with Crippen LogP contribution in [0, 0.1) is 0 Å². The van der Waals surface area contributed by atoms with E-state index in [0.29, 0.717) is 0 Å². The van der Waals surface area contributed by atoms with Crippen molar-refractivity contribution in [1.29, 1.82) is 0 Å². The highest BCUT2D eigenvalue weighted by Crippen LogP contribution is 1.77. The van der Waals surface area contributed by atoms with Crippen molar-refractivity contribution in [3.8, 4) is 0 Å². The molecule has 0 unspecified atom stereocenters. The Morgan fingerprint density at radius 3 is 1.77 bits per heavy atom. The molecule has 0 aliphatic carbocycles. The summed E-state index contributed by atoms with van der Waals surface area (Å²) in [5.41, 5.74) is 14.8. The summed E-state index contributed by atoms with van der Waals surface area (Å²) in [6, 6.07) is -1.22. The minimum Gasteiger partial charge on any atom is -0.377 e. The largest absolute Gasteiger partial charge is 0.418 e. The molecule has 8 N–H and O–H groups in total. The number of amides is 2. The molecule has 0 aliphatic rings. The van der Waals surface area contributed by atoms with Gasteiger partial charge in [0.05, 0.1) is 0 Å². The van der Waals surface area contributed by atoms with E-state index in [9.17, 15) is 13.2 Å². The number of hydrogen-bond donors (Lipinski definition) is 5. The first kappa shape index (κ1) is 14.4. The zero-order valence-corrected chi connectivity index (χ0v) is 7.76. The predicted octanol–water partition coefficient (Wildman–Crippen LogP) is -2.42. The number of hydrogen-bond acceptors (Lipinski definition) is 5. The van der Waals surface area contributed by atoms with Gasteiger partial charge in [-0.15, -0.1) is 4.28 Å². The zero-order valence-electron chi connectivity index (χ0n) is 6.13. The minimum absolute atomic E-state index is 0.000000000000000222. The number of urea groups is 1. The van der Waals surface area contributed by atoms with Gasteiger partial charge in [0.1, 0.15) is 0 Å². The number of carbonyl (C=O) groups is 1. The second kappa shape index (κ2) is 6.36. The van der Waals surface area contributed by atoms with Gasteiger partial charge in [-0.05, 0) is 12.2 Å². The molecule has 0 rings (SSSR count). The van der Waals surface area contributed by atoms with Gasteiger partial charge in [0.25, 0.3) is 0 Å². The van der Waals surface area contributed by atoms with E-state index in [4.69, 9.17) is 4.55 Å². The van der Waals surface area contributed by atoms with Crippen molar-refractivity contribution >= 4 is 33.8 Å². The Morgan fingerprint density at radius 1 is 1.38 bits per heavy atom. The number of carbonyl (C=O) groups excluding carboxylic acids is 1. The summed E-state index contributed by atoms with van der Waals surface area (Å²) in [5, 5.41) is 0.000000000000000222. The molecule has 0 spiro atoms. The third-order valence-corrected chi connectivity index (χ3v) is 0.542. The molecular weight excluding hydrogens is 224 g/mol. The lowest BCUT2D eigenvalue weighted by Gasteiger charge is -1.94. The van der Waals surface area contributed by atoms with Crippen LogP contribution < -0.4 is 22.7 Å². The Hall–Kier alpha value is -1.17.